The molecule has 0 radical (unpaired) electrons. The van der Waals surface area contributed by atoms with Gasteiger partial charge in [0.25, 0.3) is 0 Å². The molecule has 0 unspecified atom stereocenters. The maximum Gasteiger partial charge on any atom is 0.339 e. The number of likely N-dealkylation sites (N-methyl/N-ethyl adjacent to an activating group) is 1. The Morgan fingerprint density at radius 3 is 1.98 bits per heavy atom. The van der Waals surface area contributed by atoms with Crippen LogP contribution in [0.3, 0.4) is 0 Å². The van der Waals surface area contributed by atoms with E-state index < -0.39 is 37.0 Å². The Morgan fingerprint density at radius 2 is 1.44 bits per heavy atom. The fourth-order valence-corrected chi connectivity index (χ4v) is 5.30. The van der Waals surface area contributed by atoms with Gasteiger partial charge in [0.2, 0.25) is 5.91 Å². The second kappa shape index (κ2) is 19.1. The lowest BCUT2D eigenvalue weighted by Crippen LogP contribution is -2.48. The van der Waals surface area contributed by atoms with Gasteiger partial charge in [-0.2, -0.15) is 0 Å². The molecule has 1 fully saturated rings. The number of nitrogens with zero attached hydrogens (tertiary/aromatic N) is 1. The van der Waals surface area contributed by atoms with Crippen LogP contribution in [0.15, 0.2) is 66.7 Å². The zero-order valence-corrected chi connectivity index (χ0v) is 27.4. The SMILES string of the molecule is CNC[C@H](O)[C@@H](O)[C@H](O)[C@H](O)CO.O=C(O)c1cc(N(Cc2ccc(C#Cc3ccc(Cl)cc3)cc2)C(=O)C2CCCCC2)ccc1O. The summed E-state index contributed by atoms with van der Waals surface area (Å²) in [5.41, 5.74) is 2.84. The van der Waals surface area contributed by atoms with Gasteiger partial charge in [-0.05, 0) is 80.1 Å². The molecule has 1 aliphatic carbocycles. The fraction of sp³-hybridized carbons (Fsp3) is 0.389. The molecule has 4 atom stereocenters. The summed E-state index contributed by atoms with van der Waals surface area (Å²) in [5, 5.41) is 67.5. The van der Waals surface area contributed by atoms with E-state index in [2.05, 4.69) is 17.2 Å². The maximum absolute atomic E-state index is 13.5. The van der Waals surface area contributed by atoms with Crippen LogP contribution in [0.4, 0.5) is 5.69 Å². The van der Waals surface area contributed by atoms with Crippen molar-refractivity contribution in [2.24, 2.45) is 5.92 Å². The summed E-state index contributed by atoms with van der Waals surface area (Å²) >= 11 is 5.92. The number of aromatic hydroxyl groups is 1. The minimum Gasteiger partial charge on any atom is -0.507 e. The summed E-state index contributed by atoms with van der Waals surface area (Å²) in [7, 11) is 1.57. The zero-order chi connectivity index (χ0) is 35.2. The topological polar surface area (TPSA) is 191 Å². The first-order valence-corrected chi connectivity index (χ1v) is 16.0. The lowest BCUT2D eigenvalue weighted by atomic mass is 9.88. The van der Waals surface area contributed by atoms with Gasteiger partial charge >= 0.3 is 5.97 Å². The van der Waals surface area contributed by atoms with Gasteiger partial charge in [0.1, 0.15) is 29.6 Å². The van der Waals surface area contributed by atoms with Crippen LogP contribution in [0.5, 0.6) is 5.75 Å². The third-order valence-corrected chi connectivity index (χ3v) is 8.22. The highest BCUT2D eigenvalue weighted by molar-refractivity contribution is 6.30. The van der Waals surface area contributed by atoms with Gasteiger partial charge in [-0.3, -0.25) is 4.79 Å². The quantitative estimate of drug-likeness (QED) is 0.140. The van der Waals surface area contributed by atoms with E-state index in [-0.39, 0.29) is 29.7 Å². The van der Waals surface area contributed by atoms with Crippen LogP contribution in [0.1, 0.15) is 59.2 Å². The van der Waals surface area contributed by atoms with Gasteiger partial charge in [0, 0.05) is 34.3 Å². The second-order valence-corrected chi connectivity index (χ2v) is 12.0. The average Bonchev–Trinajstić information content (AvgIpc) is 3.10. The van der Waals surface area contributed by atoms with E-state index in [0.29, 0.717) is 17.3 Å². The molecular formula is C36H43ClN2O9. The molecule has 3 aromatic rings. The van der Waals surface area contributed by atoms with Gasteiger partial charge in [-0.1, -0.05) is 54.8 Å². The fourth-order valence-electron chi connectivity index (χ4n) is 5.18. The van der Waals surface area contributed by atoms with Crippen molar-refractivity contribution in [3.63, 3.8) is 0 Å². The summed E-state index contributed by atoms with van der Waals surface area (Å²) in [6.45, 7) is -0.273. The van der Waals surface area contributed by atoms with Gasteiger partial charge in [0.15, 0.2) is 0 Å². The summed E-state index contributed by atoms with van der Waals surface area (Å²) in [6, 6.07) is 19.3. The van der Waals surface area contributed by atoms with E-state index in [9.17, 15) is 24.9 Å². The number of aromatic carboxylic acids is 1. The Bertz CT molecular complexity index is 1530. The number of aliphatic hydroxyl groups excluding tert-OH is 5. The molecule has 4 rings (SSSR count). The standard InChI is InChI=1S/C29H26ClNO4.C7H17NO5/c30-24-14-12-21(13-15-24)7-6-20-8-10-22(11-9-20)19-31(28(33)23-4-2-1-3-5-23)25-16-17-27(32)26(18-25)29(34)35;1-8-2-4(10)6(12)7(13)5(11)3-9/h8-18,23,32H,1-5,19H2,(H,34,35);4-13H,2-3H2,1H3/t;4-,5+,6+,7+/m.0/s1. The monoisotopic (exact) mass is 682 g/mol. The molecular weight excluding hydrogens is 640 g/mol. The Balaban J connectivity index is 0.000000408. The third-order valence-electron chi connectivity index (χ3n) is 7.97. The maximum atomic E-state index is 13.5. The van der Waals surface area contributed by atoms with Crippen LogP contribution < -0.4 is 10.2 Å². The highest BCUT2D eigenvalue weighted by atomic mass is 35.5. The van der Waals surface area contributed by atoms with Crippen molar-refractivity contribution in [2.45, 2.75) is 63.1 Å². The van der Waals surface area contributed by atoms with Crippen molar-refractivity contribution >= 4 is 29.2 Å². The number of hydrogen-bond acceptors (Lipinski definition) is 9. The molecule has 1 saturated carbocycles. The number of carboxylic acid groups (broad SMARTS) is 1. The van der Waals surface area contributed by atoms with Gasteiger partial charge in [-0.15, -0.1) is 0 Å². The Labute approximate surface area is 285 Å². The van der Waals surface area contributed by atoms with E-state index in [1.807, 2.05) is 36.4 Å². The summed E-state index contributed by atoms with van der Waals surface area (Å²) in [5.74, 6) is 4.57. The van der Waals surface area contributed by atoms with E-state index in [1.54, 1.807) is 30.1 Å². The largest absolute Gasteiger partial charge is 0.507 e. The normalized spacial score (nSPS) is 15.5. The number of carbonyl (C=O) groups excluding carboxylic acids is 1. The van der Waals surface area contributed by atoms with E-state index >= 15 is 0 Å². The number of anilines is 1. The molecule has 0 saturated heterocycles. The molecule has 0 bridgehead atoms. The van der Waals surface area contributed by atoms with Crippen molar-refractivity contribution in [1.82, 2.24) is 5.32 Å². The number of phenols is 1. The molecule has 11 nitrogen and oxygen atoms in total. The molecule has 8 N–H and O–H groups in total. The molecule has 3 aromatic carbocycles. The molecule has 1 aliphatic rings. The molecule has 0 aliphatic heterocycles. The first-order valence-electron chi connectivity index (χ1n) is 15.7. The lowest BCUT2D eigenvalue weighted by molar-refractivity contribution is -0.123. The van der Waals surface area contributed by atoms with Crippen molar-refractivity contribution in [1.29, 1.82) is 0 Å². The van der Waals surface area contributed by atoms with E-state index in [4.69, 9.17) is 32.0 Å². The number of benzene rings is 3. The van der Waals surface area contributed by atoms with E-state index in [0.717, 1.165) is 48.8 Å². The van der Waals surface area contributed by atoms with Crippen molar-refractivity contribution < 1.29 is 45.3 Å². The number of nitrogens with one attached hydrogen (secondary N) is 1. The molecule has 1 amide bonds. The molecule has 12 heteroatoms. The predicted molar refractivity (Wildman–Crippen MR) is 182 cm³/mol. The highest BCUT2D eigenvalue weighted by Crippen LogP contribution is 2.31. The Morgan fingerprint density at radius 1 is 0.875 bits per heavy atom. The number of halogens is 1. The van der Waals surface area contributed by atoms with Gasteiger partial charge < -0.3 is 46.0 Å². The Kier molecular flexibility index (Phi) is 15.3. The zero-order valence-electron chi connectivity index (χ0n) is 26.7. The summed E-state index contributed by atoms with van der Waals surface area (Å²) < 4.78 is 0. The number of carboxylic acids is 1. The van der Waals surface area contributed by atoms with Crippen molar-refractivity contribution in [3.8, 4) is 17.6 Å². The molecule has 0 spiro atoms. The number of carbonyl (C=O) groups is 2. The van der Waals surface area contributed by atoms with Crippen molar-refractivity contribution in [2.75, 3.05) is 25.1 Å². The molecule has 48 heavy (non-hydrogen) atoms. The van der Waals surface area contributed by atoms with Crippen LogP contribution in [-0.2, 0) is 11.3 Å². The second-order valence-electron chi connectivity index (χ2n) is 11.6. The molecule has 0 heterocycles. The van der Waals surface area contributed by atoms with Crippen LogP contribution in [-0.4, -0.2) is 92.2 Å². The van der Waals surface area contributed by atoms with E-state index in [1.165, 1.54) is 12.1 Å². The molecule has 258 valence electrons. The molecule has 0 aromatic heterocycles. The smallest absolute Gasteiger partial charge is 0.339 e. The van der Waals surface area contributed by atoms with Crippen LogP contribution in [0.25, 0.3) is 0 Å². The van der Waals surface area contributed by atoms with Crippen LogP contribution in [0, 0.1) is 17.8 Å². The van der Waals surface area contributed by atoms with Gasteiger partial charge in [0.05, 0.1) is 19.3 Å². The summed E-state index contributed by atoms with van der Waals surface area (Å²) in [4.78, 5) is 26.7. The number of amides is 1. The minimum absolute atomic E-state index is 0.0154. The Hall–Kier alpha value is -3.99. The van der Waals surface area contributed by atoms with Crippen LogP contribution >= 0.6 is 11.6 Å². The highest BCUT2D eigenvalue weighted by Gasteiger charge is 2.30. The van der Waals surface area contributed by atoms with Gasteiger partial charge in [-0.25, -0.2) is 4.79 Å². The first kappa shape index (κ1) is 38.5. The number of aliphatic hydroxyl groups is 5. The van der Waals surface area contributed by atoms with Crippen LogP contribution in [0.2, 0.25) is 5.02 Å². The summed E-state index contributed by atoms with van der Waals surface area (Å²) in [6.07, 6.45) is -0.824. The average molecular weight is 683 g/mol. The minimum atomic E-state index is -1.55. The number of rotatable bonds is 11. The number of hydrogen-bond donors (Lipinski definition) is 8. The predicted octanol–water partition coefficient (Wildman–Crippen LogP) is 2.90. The lowest BCUT2D eigenvalue weighted by Gasteiger charge is -2.30. The first-order chi connectivity index (χ1) is 22.9. The third kappa shape index (κ3) is 11.3. The van der Waals surface area contributed by atoms with Crippen molar-refractivity contribution in [3.05, 3.63) is 94.0 Å².